The summed E-state index contributed by atoms with van der Waals surface area (Å²) in [6, 6.07) is -1.09. The number of hydrogen-bond donors (Lipinski definition) is 3. The number of imidazole rings is 1. The Morgan fingerprint density at radius 2 is 2.38 bits per heavy atom. The van der Waals surface area contributed by atoms with E-state index in [1.807, 2.05) is 0 Å². The standard InChI is InChI=1S/C6H10N3O4PS.K/c7-5(6(10)11)1-4-2-9(3-8-4)14(12,13)15;/h2-3,5H,1,7H2,(H,10,11)(H2,12,13,15);/q;+1/p-1. The predicted octanol–water partition coefficient (Wildman–Crippen LogP) is -4.73. The fraction of sp³-hybridized carbons (Fsp3) is 0.333. The van der Waals surface area contributed by atoms with Crippen molar-refractivity contribution in [1.82, 2.24) is 9.32 Å². The summed E-state index contributed by atoms with van der Waals surface area (Å²) < 4.78 is 0.867. The van der Waals surface area contributed by atoms with Crippen LogP contribution in [0.25, 0.3) is 0 Å². The minimum Gasteiger partial charge on any atom is -0.785 e. The Balaban J connectivity index is 0.00000225. The first kappa shape index (κ1) is 16.8. The Bertz CT molecular complexity index is 420. The second kappa shape index (κ2) is 6.69. The Kier molecular flexibility index (Phi) is 7.05. The molecule has 2 atom stereocenters. The van der Waals surface area contributed by atoms with Gasteiger partial charge in [0.15, 0.2) is 0 Å². The van der Waals surface area contributed by atoms with Crippen molar-refractivity contribution in [2.24, 2.45) is 5.73 Å². The molecule has 0 fully saturated rings. The number of aromatic nitrogens is 2. The maximum Gasteiger partial charge on any atom is 1.00 e. The van der Waals surface area contributed by atoms with Crippen LogP contribution < -0.4 is 62.0 Å². The van der Waals surface area contributed by atoms with Crippen LogP contribution in [0.2, 0.25) is 0 Å². The van der Waals surface area contributed by atoms with Gasteiger partial charge in [-0.1, -0.05) is 11.8 Å². The van der Waals surface area contributed by atoms with E-state index in [1.54, 1.807) is 0 Å². The van der Waals surface area contributed by atoms with Crippen LogP contribution in [0, 0.1) is 0 Å². The van der Waals surface area contributed by atoms with Crippen molar-refractivity contribution in [3.63, 3.8) is 0 Å². The molecule has 0 aliphatic carbocycles. The minimum atomic E-state index is -3.82. The predicted molar refractivity (Wildman–Crippen MR) is 53.4 cm³/mol. The summed E-state index contributed by atoms with van der Waals surface area (Å²) in [5, 5.41) is 8.53. The molecule has 0 spiro atoms. The van der Waals surface area contributed by atoms with E-state index in [2.05, 4.69) is 16.8 Å². The fourth-order valence-electron chi connectivity index (χ4n) is 0.909. The summed E-state index contributed by atoms with van der Waals surface area (Å²) in [5.41, 5.74) is 5.57. The zero-order valence-corrected chi connectivity index (χ0v) is 13.3. The van der Waals surface area contributed by atoms with Gasteiger partial charge in [0.05, 0.1) is 18.7 Å². The van der Waals surface area contributed by atoms with E-state index in [1.165, 1.54) is 6.20 Å². The monoisotopic (exact) mass is 289 g/mol. The number of aliphatic carboxylic acids is 1. The summed E-state index contributed by atoms with van der Waals surface area (Å²) in [6.45, 7) is -3.82. The van der Waals surface area contributed by atoms with E-state index >= 15 is 0 Å². The number of carboxylic acid groups (broad SMARTS) is 1. The molecule has 16 heavy (non-hydrogen) atoms. The second-order valence-electron chi connectivity index (χ2n) is 2.88. The van der Waals surface area contributed by atoms with Crippen LogP contribution in [-0.2, 0) is 23.0 Å². The van der Waals surface area contributed by atoms with Crippen molar-refractivity contribution >= 4 is 24.4 Å². The molecule has 0 bridgehead atoms. The van der Waals surface area contributed by atoms with Gasteiger partial charge in [-0.3, -0.25) is 9.13 Å². The summed E-state index contributed by atoms with van der Waals surface area (Å²) in [6.07, 6.45) is 2.28. The van der Waals surface area contributed by atoms with Gasteiger partial charge in [-0.2, -0.15) is 0 Å². The summed E-state index contributed by atoms with van der Waals surface area (Å²) in [7, 11) is 0. The summed E-state index contributed by atoms with van der Waals surface area (Å²) >= 11 is 4.32. The molecule has 0 aliphatic rings. The molecule has 4 N–H and O–H groups in total. The largest absolute Gasteiger partial charge is 1.00 e. The molecular weight excluding hydrogens is 280 g/mol. The number of nitrogens with zero attached hydrogens (tertiary/aromatic N) is 2. The molecule has 0 aliphatic heterocycles. The normalized spacial score (nSPS) is 15.9. The maximum absolute atomic E-state index is 11.0. The summed E-state index contributed by atoms with van der Waals surface area (Å²) in [5.74, 6) is -1.16. The molecule has 1 heterocycles. The zero-order chi connectivity index (χ0) is 11.6. The zero-order valence-electron chi connectivity index (χ0n) is 8.48. The fourth-order valence-corrected chi connectivity index (χ4v) is 1.64. The third-order valence-electron chi connectivity index (χ3n) is 1.66. The average molecular weight is 289 g/mol. The van der Waals surface area contributed by atoms with E-state index in [0.29, 0.717) is 5.69 Å². The second-order valence-corrected chi connectivity index (χ2v) is 5.75. The van der Waals surface area contributed by atoms with E-state index in [0.717, 1.165) is 10.7 Å². The average Bonchev–Trinajstić information content (AvgIpc) is 2.51. The third kappa shape index (κ3) is 5.01. The molecule has 0 radical (unpaired) electrons. The van der Waals surface area contributed by atoms with Crippen molar-refractivity contribution < 1.29 is 71.1 Å². The molecule has 1 aromatic rings. The Morgan fingerprint density at radius 3 is 2.75 bits per heavy atom. The van der Waals surface area contributed by atoms with Crippen molar-refractivity contribution in [3.05, 3.63) is 18.2 Å². The van der Waals surface area contributed by atoms with Gasteiger partial charge in [0, 0.05) is 12.6 Å². The van der Waals surface area contributed by atoms with Crippen molar-refractivity contribution in [3.8, 4) is 0 Å². The molecule has 0 aromatic carbocycles. The smallest absolute Gasteiger partial charge is 0.785 e. The van der Waals surface area contributed by atoms with Gasteiger partial charge in [-0.15, -0.1) is 0 Å². The topological polar surface area (TPSA) is 124 Å². The van der Waals surface area contributed by atoms with Crippen molar-refractivity contribution in [2.45, 2.75) is 12.5 Å². The number of carboxylic acids is 1. The van der Waals surface area contributed by atoms with Crippen LogP contribution >= 0.6 is 6.64 Å². The Morgan fingerprint density at radius 1 is 1.81 bits per heavy atom. The molecule has 0 saturated carbocycles. The number of hydrogen-bond acceptors (Lipinski definition) is 5. The van der Waals surface area contributed by atoms with E-state index in [9.17, 15) is 9.69 Å². The van der Waals surface area contributed by atoms with Crippen LogP contribution in [0.15, 0.2) is 12.5 Å². The third-order valence-corrected chi connectivity index (χ3v) is 3.03. The van der Waals surface area contributed by atoms with Crippen LogP contribution in [0.5, 0.6) is 0 Å². The molecule has 2 unspecified atom stereocenters. The molecule has 1 aromatic heterocycles. The van der Waals surface area contributed by atoms with E-state index < -0.39 is 18.7 Å². The van der Waals surface area contributed by atoms with Gasteiger partial charge < -0.3 is 20.6 Å². The molecule has 7 nitrogen and oxygen atoms in total. The molecule has 0 amide bonds. The van der Waals surface area contributed by atoms with Gasteiger partial charge in [-0.25, -0.2) is 4.98 Å². The molecular formula is C6H9KN3O4PS. The van der Waals surface area contributed by atoms with Gasteiger partial charge >= 0.3 is 57.4 Å². The van der Waals surface area contributed by atoms with Crippen molar-refractivity contribution in [2.75, 3.05) is 0 Å². The van der Waals surface area contributed by atoms with Crippen LogP contribution in [-0.4, -0.2) is 31.3 Å². The summed E-state index contributed by atoms with van der Waals surface area (Å²) in [4.78, 5) is 34.1. The van der Waals surface area contributed by atoms with E-state index in [4.69, 9.17) is 15.7 Å². The SMILES string of the molecule is NC(Cc1cn(P([O-])(O)=S)cn1)C(=O)O.[K+]. The van der Waals surface area contributed by atoms with Gasteiger partial charge in [-0.05, 0) is 0 Å². The van der Waals surface area contributed by atoms with E-state index in [-0.39, 0.29) is 57.8 Å². The number of carbonyl (C=O) groups is 1. The van der Waals surface area contributed by atoms with Gasteiger partial charge in [0.1, 0.15) is 6.04 Å². The maximum atomic E-state index is 11.0. The molecule has 0 saturated heterocycles. The quantitative estimate of drug-likeness (QED) is 0.375. The number of nitrogens with two attached hydrogens (primary N) is 1. The molecule has 10 heteroatoms. The first-order valence-corrected chi connectivity index (χ1v) is 6.49. The van der Waals surface area contributed by atoms with Crippen LogP contribution in [0.1, 0.15) is 5.69 Å². The first-order chi connectivity index (χ1) is 6.80. The Hall–Kier alpha value is 0.846. The first-order valence-electron chi connectivity index (χ1n) is 3.86. The van der Waals surface area contributed by atoms with Crippen LogP contribution in [0.3, 0.4) is 0 Å². The van der Waals surface area contributed by atoms with Crippen molar-refractivity contribution in [1.29, 1.82) is 0 Å². The molecule has 1 rings (SSSR count). The Labute approximate surface area is 139 Å². The molecule has 84 valence electrons. The minimum absolute atomic E-state index is 0. The van der Waals surface area contributed by atoms with Gasteiger partial charge in [0.2, 0.25) is 0 Å². The number of rotatable bonds is 4. The van der Waals surface area contributed by atoms with Gasteiger partial charge in [0.25, 0.3) is 0 Å². The van der Waals surface area contributed by atoms with Crippen LogP contribution in [0.4, 0.5) is 0 Å².